The predicted octanol–water partition coefficient (Wildman–Crippen LogP) is 1.68. The Kier molecular flexibility index (Phi) is 2.82. The van der Waals surface area contributed by atoms with Gasteiger partial charge in [-0.3, -0.25) is 4.21 Å². The summed E-state index contributed by atoms with van der Waals surface area (Å²) in [6, 6.07) is 0. The highest BCUT2D eigenvalue weighted by Gasteiger charge is 2.00. The molecular formula is C5H6ClNOS2. The first-order valence-electron chi connectivity index (χ1n) is 2.58. The van der Waals surface area contributed by atoms with Gasteiger partial charge in [-0.2, -0.15) is 0 Å². The number of rotatable bonds is 2. The van der Waals surface area contributed by atoms with Crippen LogP contribution in [0.15, 0.2) is 6.20 Å². The number of aromatic nitrogens is 1. The van der Waals surface area contributed by atoms with Crippen molar-refractivity contribution < 1.29 is 4.21 Å². The molecule has 0 fully saturated rings. The van der Waals surface area contributed by atoms with Crippen LogP contribution in [0.4, 0.5) is 0 Å². The molecule has 1 rings (SSSR count). The second-order valence-corrected chi connectivity index (χ2v) is 4.93. The lowest BCUT2D eigenvalue weighted by Gasteiger charge is -1.86. The quantitative estimate of drug-likeness (QED) is 0.719. The molecule has 0 amide bonds. The minimum Gasteiger partial charge on any atom is -0.259 e. The third-order valence-electron chi connectivity index (χ3n) is 0.871. The Morgan fingerprint density at radius 3 is 3.00 bits per heavy atom. The Bertz CT molecular complexity index is 248. The Hall–Kier alpha value is 0.0700. The molecule has 1 aromatic rings. The number of halogens is 1. The maximum absolute atomic E-state index is 10.7. The Morgan fingerprint density at radius 2 is 2.60 bits per heavy atom. The van der Waals surface area contributed by atoms with Crippen LogP contribution in [0.25, 0.3) is 0 Å². The van der Waals surface area contributed by atoms with Gasteiger partial charge in [-0.25, -0.2) is 4.98 Å². The van der Waals surface area contributed by atoms with E-state index < -0.39 is 10.8 Å². The molecule has 2 nitrogen and oxygen atoms in total. The molecule has 0 aliphatic rings. The topological polar surface area (TPSA) is 30.0 Å². The van der Waals surface area contributed by atoms with Gasteiger partial charge in [0.1, 0.15) is 0 Å². The number of hydrogen-bond donors (Lipinski definition) is 0. The molecule has 0 radical (unpaired) electrons. The summed E-state index contributed by atoms with van der Waals surface area (Å²) in [5.41, 5.74) is 0. The van der Waals surface area contributed by atoms with Crippen molar-refractivity contribution in [1.29, 1.82) is 0 Å². The molecule has 0 aromatic carbocycles. The maximum Gasteiger partial charge on any atom is 0.183 e. The van der Waals surface area contributed by atoms with Crippen LogP contribution in [-0.4, -0.2) is 15.4 Å². The van der Waals surface area contributed by atoms with Crippen molar-refractivity contribution in [3.63, 3.8) is 0 Å². The van der Waals surface area contributed by atoms with Crippen molar-refractivity contribution in [3.05, 3.63) is 15.5 Å². The van der Waals surface area contributed by atoms with E-state index in [4.69, 9.17) is 11.6 Å². The van der Waals surface area contributed by atoms with E-state index in [2.05, 4.69) is 4.98 Å². The molecule has 1 unspecified atom stereocenters. The van der Waals surface area contributed by atoms with Crippen LogP contribution >= 0.6 is 22.9 Å². The van der Waals surface area contributed by atoms with Crippen molar-refractivity contribution in [1.82, 2.24) is 4.98 Å². The summed E-state index contributed by atoms with van der Waals surface area (Å²) in [5.74, 6) is 0.560. The highest BCUT2D eigenvalue weighted by atomic mass is 35.5. The van der Waals surface area contributed by atoms with Crippen LogP contribution < -0.4 is 0 Å². The minimum absolute atomic E-state index is 0.514. The summed E-state index contributed by atoms with van der Waals surface area (Å²) >= 11 is 6.93. The van der Waals surface area contributed by atoms with E-state index >= 15 is 0 Å². The van der Waals surface area contributed by atoms with Gasteiger partial charge >= 0.3 is 0 Å². The molecule has 5 heteroatoms. The summed E-state index contributed by atoms with van der Waals surface area (Å²) in [4.78, 5) is 4.80. The molecule has 0 saturated heterocycles. The van der Waals surface area contributed by atoms with Gasteiger partial charge < -0.3 is 0 Å². The van der Waals surface area contributed by atoms with Crippen molar-refractivity contribution in [3.8, 4) is 0 Å². The Balaban J connectivity index is 2.67. The maximum atomic E-state index is 10.7. The fraction of sp³-hybridized carbons (Fsp3) is 0.400. The van der Waals surface area contributed by atoms with Crippen molar-refractivity contribution in [2.75, 3.05) is 6.26 Å². The summed E-state index contributed by atoms with van der Waals surface area (Å²) < 4.78 is 11.2. The molecule has 0 saturated carbocycles. The van der Waals surface area contributed by atoms with Crippen LogP contribution in [0.5, 0.6) is 0 Å². The molecule has 10 heavy (non-hydrogen) atoms. The number of thiazole rings is 1. The number of nitrogens with zero attached hydrogens (tertiary/aromatic N) is 1. The third kappa shape index (κ3) is 2.36. The standard InChI is InChI=1S/C5H6ClNOS2/c1-10(8)3-4-2-7-5(6)9-4/h2H,3H2,1H3. The van der Waals surface area contributed by atoms with E-state index in [0.29, 0.717) is 10.2 Å². The van der Waals surface area contributed by atoms with Crippen LogP contribution in [0.2, 0.25) is 4.47 Å². The van der Waals surface area contributed by atoms with Gasteiger partial charge in [0.2, 0.25) is 0 Å². The summed E-state index contributed by atoms with van der Waals surface area (Å²) in [6.07, 6.45) is 3.32. The normalized spacial score (nSPS) is 13.4. The predicted molar refractivity (Wildman–Crippen MR) is 44.9 cm³/mol. The fourth-order valence-corrected chi connectivity index (χ4v) is 2.53. The second-order valence-electron chi connectivity index (χ2n) is 1.80. The van der Waals surface area contributed by atoms with E-state index in [0.717, 1.165) is 4.88 Å². The van der Waals surface area contributed by atoms with Crippen molar-refractivity contribution in [2.24, 2.45) is 0 Å². The summed E-state index contributed by atoms with van der Waals surface area (Å²) in [6.45, 7) is 0. The molecule has 0 bridgehead atoms. The average Bonchev–Trinajstić information content (AvgIpc) is 2.13. The van der Waals surface area contributed by atoms with E-state index in [1.165, 1.54) is 11.3 Å². The molecule has 1 aromatic heterocycles. The van der Waals surface area contributed by atoms with E-state index in [1.54, 1.807) is 12.5 Å². The first-order chi connectivity index (χ1) is 4.68. The smallest absolute Gasteiger partial charge is 0.183 e. The first kappa shape index (κ1) is 8.17. The number of hydrogen-bond acceptors (Lipinski definition) is 3. The third-order valence-corrected chi connectivity index (χ3v) is 2.89. The van der Waals surface area contributed by atoms with Gasteiger partial charge in [0.05, 0.1) is 5.75 Å². The van der Waals surface area contributed by atoms with E-state index in [1.807, 2.05) is 0 Å². The highest BCUT2D eigenvalue weighted by Crippen LogP contribution is 2.18. The van der Waals surface area contributed by atoms with Gasteiger partial charge in [0.25, 0.3) is 0 Å². The molecule has 56 valence electrons. The molecule has 0 aliphatic carbocycles. The fourth-order valence-electron chi connectivity index (χ4n) is 0.551. The average molecular weight is 196 g/mol. The summed E-state index contributed by atoms with van der Waals surface area (Å²) in [7, 11) is -0.791. The van der Waals surface area contributed by atoms with Gasteiger partial charge in [0.15, 0.2) is 4.47 Å². The van der Waals surface area contributed by atoms with E-state index in [-0.39, 0.29) is 0 Å². The highest BCUT2D eigenvalue weighted by molar-refractivity contribution is 7.83. The van der Waals surface area contributed by atoms with Gasteiger partial charge in [0, 0.05) is 28.1 Å². The zero-order valence-corrected chi connectivity index (χ0v) is 7.72. The largest absolute Gasteiger partial charge is 0.259 e. The molecular weight excluding hydrogens is 190 g/mol. The SMILES string of the molecule is CS(=O)Cc1cnc(Cl)s1. The monoisotopic (exact) mass is 195 g/mol. The van der Waals surface area contributed by atoms with Crippen LogP contribution in [0.3, 0.4) is 0 Å². The van der Waals surface area contributed by atoms with Crippen LogP contribution in [0, 0.1) is 0 Å². The zero-order valence-electron chi connectivity index (χ0n) is 5.33. The second kappa shape index (κ2) is 3.46. The van der Waals surface area contributed by atoms with Crippen LogP contribution in [-0.2, 0) is 16.6 Å². The van der Waals surface area contributed by atoms with Gasteiger partial charge in [-0.1, -0.05) is 11.6 Å². The van der Waals surface area contributed by atoms with Gasteiger partial charge in [-0.05, 0) is 0 Å². The molecule has 1 heterocycles. The zero-order chi connectivity index (χ0) is 7.56. The lowest BCUT2D eigenvalue weighted by atomic mass is 10.6. The summed E-state index contributed by atoms with van der Waals surface area (Å²) in [5, 5.41) is 0. The lowest BCUT2D eigenvalue weighted by molar-refractivity contribution is 0.686. The van der Waals surface area contributed by atoms with E-state index in [9.17, 15) is 4.21 Å². The molecule has 0 aliphatic heterocycles. The first-order valence-corrected chi connectivity index (χ1v) is 5.51. The molecule has 0 spiro atoms. The Labute approximate surface area is 70.7 Å². The Morgan fingerprint density at radius 1 is 1.90 bits per heavy atom. The minimum atomic E-state index is -0.791. The van der Waals surface area contributed by atoms with Crippen molar-refractivity contribution in [2.45, 2.75) is 5.75 Å². The van der Waals surface area contributed by atoms with Crippen LogP contribution in [0.1, 0.15) is 4.88 Å². The van der Waals surface area contributed by atoms with Gasteiger partial charge in [-0.15, -0.1) is 11.3 Å². The molecule has 0 N–H and O–H groups in total. The molecule has 1 atom stereocenters. The lowest BCUT2D eigenvalue weighted by Crippen LogP contribution is -1.87. The van der Waals surface area contributed by atoms with Crippen molar-refractivity contribution >= 4 is 33.7 Å².